The lowest BCUT2D eigenvalue weighted by atomic mass is 10.2. The zero-order valence-corrected chi connectivity index (χ0v) is 11.9. The molecule has 0 radical (unpaired) electrons. The molecule has 0 aliphatic carbocycles. The fourth-order valence-electron chi connectivity index (χ4n) is 1.88. The minimum atomic E-state index is -1.64. The van der Waals surface area contributed by atoms with Crippen LogP contribution in [0.15, 0.2) is 36.4 Å². The maximum atomic E-state index is 13.4. The lowest BCUT2D eigenvalue weighted by molar-refractivity contribution is -0.116. The molecule has 0 aliphatic heterocycles. The van der Waals surface area contributed by atoms with Gasteiger partial charge in [-0.05, 0) is 24.3 Å². The molecule has 0 atom stereocenters. The molecular formula is C16H12F3N3O. The number of nitriles is 1. The van der Waals surface area contributed by atoms with Crippen LogP contribution < -0.4 is 10.6 Å². The van der Waals surface area contributed by atoms with Gasteiger partial charge in [0.1, 0.15) is 6.07 Å². The van der Waals surface area contributed by atoms with Gasteiger partial charge in [0.25, 0.3) is 0 Å². The Morgan fingerprint density at radius 1 is 1.04 bits per heavy atom. The van der Waals surface area contributed by atoms with Gasteiger partial charge in [-0.2, -0.15) is 5.26 Å². The van der Waals surface area contributed by atoms with Crippen LogP contribution in [0.3, 0.4) is 0 Å². The van der Waals surface area contributed by atoms with E-state index in [0.717, 1.165) is 12.1 Å². The summed E-state index contributed by atoms with van der Waals surface area (Å²) in [6.45, 7) is 0.190. The normalized spacial score (nSPS) is 10.0. The fraction of sp³-hybridized carbons (Fsp3) is 0.125. The minimum absolute atomic E-state index is 0.0435. The van der Waals surface area contributed by atoms with Crippen molar-refractivity contribution in [1.29, 1.82) is 5.26 Å². The van der Waals surface area contributed by atoms with E-state index in [2.05, 4.69) is 10.6 Å². The van der Waals surface area contributed by atoms with Crippen LogP contribution in [-0.4, -0.2) is 12.5 Å². The Labute approximate surface area is 130 Å². The summed E-state index contributed by atoms with van der Waals surface area (Å²) in [6.07, 6.45) is -0.0435. The van der Waals surface area contributed by atoms with Crippen LogP contribution >= 0.6 is 0 Å². The number of hydrogen-bond acceptors (Lipinski definition) is 3. The summed E-state index contributed by atoms with van der Waals surface area (Å²) in [7, 11) is 0. The zero-order valence-electron chi connectivity index (χ0n) is 11.9. The number of carbonyl (C=O) groups excluding carboxylic acids is 1. The van der Waals surface area contributed by atoms with Crippen molar-refractivity contribution >= 4 is 17.3 Å². The molecule has 2 aromatic carbocycles. The molecule has 4 nitrogen and oxygen atoms in total. The molecule has 0 spiro atoms. The smallest absolute Gasteiger partial charge is 0.226 e. The Balaban J connectivity index is 1.91. The van der Waals surface area contributed by atoms with Crippen molar-refractivity contribution in [3.63, 3.8) is 0 Å². The second-order valence-corrected chi connectivity index (χ2v) is 4.61. The number of anilines is 2. The van der Waals surface area contributed by atoms with E-state index in [0.29, 0.717) is 11.3 Å². The van der Waals surface area contributed by atoms with Crippen molar-refractivity contribution in [2.75, 3.05) is 17.2 Å². The fourth-order valence-corrected chi connectivity index (χ4v) is 1.88. The lowest BCUT2D eigenvalue weighted by Gasteiger charge is -2.09. The van der Waals surface area contributed by atoms with E-state index in [9.17, 15) is 18.0 Å². The molecule has 0 aromatic heterocycles. The SMILES string of the molecule is N#Cc1ccccc1NCCC(=O)Nc1ccc(F)c(F)c1F. The number of benzene rings is 2. The van der Waals surface area contributed by atoms with Crippen LogP contribution in [-0.2, 0) is 4.79 Å². The summed E-state index contributed by atoms with van der Waals surface area (Å²) >= 11 is 0. The second-order valence-electron chi connectivity index (χ2n) is 4.61. The molecule has 23 heavy (non-hydrogen) atoms. The highest BCUT2D eigenvalue weighted by Crippen LogP contribution is 2.19. The first-order valence-electron chi connectivity index (χ1n) is 6.69. The standard InChI is InChI=1S/C16H12F3N3O/c17-11-5-6-13(16(19)15(11)18)22-14(23)7-8-21-12-4-2-1-3-10(12)9-20/h1-6,21H,7-8H2,(H,22,23). The number of halogens is 3. The number of para-hydroxylation sites is 1. The molecule has 2 rings (SSSR count). The van der Waals surface area contributed by atoms with Gasteiger partial charge >= 0.3 is 0 Å². The predicted octanol–water partition coefficient (Wildman–Crippen LogP) is 3.42. The van der Waals surface area contributed by atoms with Gasteiger partial charge in [-0.1, -0.05) is 12.1 Å². The van der Waals surface area contributed by atoms with Crippen molar-refractivity contribution in [3.05, 3.63) is 59.4 Å². The van der Waals surface area contributed by atoms with E-state index in [1.165, 1.54) is 0 Å². The highest BCUT2D eigenvalue weighted by atomic mass is 19.2. The summed E-state index contributed by atoms with van der Waals surface area (Å²) in [6, 6.07) is 10.4. The highest BCUT2D eigenvalue weighted by Gasteiger charge is 2.15. The number of amides is 1. The van der Waals surface area contributed by atoms with Gasteiger partial charge in [-0.3, -0.25) is 4.79 Å². The lowest BCUT2D eigenvalue weighted by Crippen LogP contribution is -2.17. The van der Waals surface area contributed by atoms with Gasteiger partial charge < -0.3 is 10.6 Å². The Bertz CT molecular complexity index is 772. The Morgan fingerprint density at radius 3 is 2.52 bits per heavy atom. The van der Waals surface area contributed by atoms with Crippen molar-refractivity contribution in [3.8, 4) is 6.07 Å². The summed E-state index contributed by atoms with van der Waals surface area (Å²) in [5.41, 5.74) is 0.577. The number of hydrogen-bond donors (Lipinski definition) is 2. The summed E-state index contributed by atoms with van der Waals surface area (Å²) in [4.78, 5) is 11.7. The quantitative estimate of drug-likeness (QED) is 0.830. The molecule has 7 heteroatoms. The van der Waals surface area contributed by atoms with Crippen molar-refractivity contribution < 1.29 is 18.0 Å². The van der Waals surface area contributed by atoms with Crippen LogP contribution in [0.25, 0.3) is 0 Å². The van der Waals surface area contributed by atoms with Gasteiger partial charge in [0.05, 0.1) is 16.9 Å². The van der Waals surface area contributed by atoms with E-state index in [1.54, 1.807) is 24.3 Å². The maximum absolute atomic E-state index is 13.4. The van der Waals surface area contributed by atoms with Gasteiger partial charge in [-0.15, -0.1) is 0 Å². The molecule has 118 valence electrons. The van der Waals surface area contributed by atoms with Gasteiger partial charge in [0.15, 0.2) is 17.5 Å². The maximum Gasteiger partial charge on any atom is 0.226 e. The summed E-state index contributed by atoms with van der Waals surface area (Å²) < 4.78 is 39.3. The Kier molecular flexibility index (Phi) is 5.20. The number of carbonyl (C=O) groups is 1. The molecular weight excluding hydrogens is 307 g/mol. The molecule has 0 fully saturated rings. The van der Waals surface area contributed by atoms with Crippen LogP contribution in [0.4, 0.5) is 24.5 Å². The summed E-state index contributed by atoms with van der Waals surface area (Å²) in [5, 5.41) is 14.0. The van der Waals surface area contributed by atoms with Crippen LogP contribution in [0.1, 0.15) is 12.0 Å². The third-order valence-electron chi connectivity index (χ3n) is 3.02. The van der Waals surface area contributed by atoms with Crippen LogP contribution in [0.2, 0.25) is 0 Å². The van der Waals surface area contributed by atoms with Crippen molar-refractivity contribution in [2.24, 2.45) is 0 Å². The second kappa shape index (κ2) is 7.31. The van der Waals surface area contributed by atoms with Gasteiger partial charge in [0.2, 0.25) is 5.91 Å². The van der Waals surface area contributed by atoms with E-state index >= 15 is 0 Å². The number of nitrogens with one attached hydrogen (secondary N) is 2. The molecule has 0 saturated heterocycles. The largest absolute Gasteiger partial charge is 0.383 e. The van der Waals surface area contributed by atoms with E-state index in [4.69, 9.17) is 5.26 Å². The zero-order chi connectivity index (χ0) is 16.8. The van der Waals surface area contributed by atoms with Crippen LogP contribution in [0.5, 0.6) is 0 Å². The molecule has 0 heterocycles. The Hall–Kier alpha value is -3.01. The van der Waals surface area contributed by atoms with Gasteiger partial charge in [-0.25, -0.2) is 13.2 Å². The molecule has 0 aliphatic rings. The topological polar surface area (TPSA) is 64.9 Å². The first kappa shape index (κ1) is 16.4. The average Bonchev–Trinajstić information content (AvgIpc) is 2.56. The van der Waals surface area contributed by atoms with Crippen molar-refractivity contribution in [1.82, 2.24) is 0 Å². The monoisotopic (exact) mass is 319 g/mol. The number of nitrogens with zero attached hydrogens (tertiary/aromatic N) is 1. The first-order chi connectivity index (χ1) is 11.0. The number of rotatable bonds is 5. The molecule has 0 unspecified atom stereocenters. The Morgan fingerprint density at radius 2 is 1.78 bits per heavy atom. The summed E-state index contributed by atoms with van der Waals surface area (Å²) in [5.74, 6) is -4.97. The molecule has 1 amide bonds. The third-order valence-corrected chi connectivity index (χ3v) is 3.02. The first-order valence-corrected chi connectivity index (χ1v) is 6.69. The predicted molar refractivity (Wildman–Crippen MR) is 79.2 cm³/mol. The molecule has 0 saturated carbocycles. The molecule has 2 aromatic rings. The van der Waals surface area contributed by atoms with E-state index < -0.39 is 29.0 Å². The third kappa shape index (κ3) is 4.01. The van der Waals surface area contributed by atoms with Gasteiger partial charge in [0, 0.05) is 13.0 Å². The van der Waals surface area contributed by atoms with Crippen molar-refractivity contribution in [2.45, 2.75) is 6.42 Å². The average molecular weight is 319 g/mol. The molecule has 2 N–H and O–H groups in total. The minimum Gasteiger partial charge on any atom is -0.383 e. The van der Waals surface area contributed by atoms with E-state index in [1.807, 2.05) is 6.07 Å². The van der Waals surface area contributed by atoms with Crippen LogP contribution in [0, 0.1) is 28.8 Å². The molecule has 0 bridgehead atoms. The highest BCUT2D eigenvalue weighted by molar-refractivity contribution is 5.91. The van der Waals surface area contributed by atoms with E-state index in [-0.39, 0.29) is 13.0 Å².